The summed E-state index contributed by atoms with van der Waals surface area (Å²) in [5.41, 5.74) is 2.51. The van der Waals surface area contributed by atoms with Gasteiger partial charge in [-0.2, -0.15) is 0 Å². The number of aliphatic carboxylic acids is 1. The summed E-state index contributed by atoms with van der Waals surface area (Å²) in [7, 11) is 0. The Balaban J connectivity index is 2.22. The minimum absolute atomic E-state index is 0.379. The van der Waals surface area contributed by atoms with Crippen LogP contribution in [0, 0.1) is 0 Å². The molecular formula is C21H20O5. The van der Waals surface area contributed by atoms with E-state index >= 15 is 0 Å². The molecule has 2 aromatic carbocycles. The number of hydrogen-bond acceptors (Lipinski definition) is 4. The highest BCUT2D eigenvalue weighted by Gasteiger charge is 2.17. The average molecular weight is 352 g/mol. The van der Waals surface area contributed by atoms with E-state index in [1.165, 1.54) is 13.0 Å². The molecule has 5 heteroatoms. The monoisotopic (exact) mass is 352 g/mol. The number of hydrogen-bond donors (Lipinski definition) is 1. The molecule has 0 fully saturated rings. The molecule has 0 unspecified atom stereocenters. The van der Waals surface area contributed by atoms with Crippen LogP contribution in [0.1, 0.15) is 25.8 Å². The molecule has 0 aliphatic heterocycles. The number of fused-ring (bicyclic) bond motifs is 1. The molecule has 1 heterocycles. The molecular weight excluding hydrogens is 332 g/mol. The Hall–Kier alpha value is -3.08. The van der Waals surface area contributed by atoms with Gasteiger partial charge in [-0.15, -0.1) is 0 Å². The molecule has 3 rings (SSSR count). The minimum Gasteiger partial charge on any atom is -0.479 e. The quantitative estimate of drug-likeness (QED) is 0.671. The molecule has 0 amide bonds. The van der Waals surface area contributed by atoms with Gasteiger partial charge >= 0.3 is 11.6 Å². The van der Waals surface area contributed by atoms with Crippen molar-refractivity contribution < 1.29 is 19.1 Å². The highest BCUT2D eigenvalue weighted by molar-refractivity contribution is 5.94. The number of benzene rings is 2. The fourth-order valence-corrected chi connectivity index (χ4v) is 2.91. The predicted molar refractivity (Wildman–Crippen MR) is 99.6 cm³/mol. The third-order valence-electron chi connectivity index (χ3n) is 4.18. The van der Waals surface area contributed by atoms with Crippen LogP contribution in [0.15, 0.2) is 57.7 Å². The van der Waals surface area contributed by atoms with Crippen LogP contribution in [-0.2, 0) is 11.2 Å². The maximum Gasteiger partial charge on any atom is 0.344 e. The number of carboxylic acid groups (broad SMARTS) is 1. The van der Waals surface area contributed by atoms with Crippen LogP contribution < -0.4 is 10.4 Å². The van der Waals surface area contributed by atoms with Crippen molar-refractivity contribution in [3.8, 4) is 16.9 Å². The SMILES string of the molecule is CCCc1cc2c(-c3ccccc3)cc(=O)oc2cc1O[C@H](C)C(=O)O. The van der Waals surface area contributed by atoms with Gasteiger partial charge in [0.25, 0.3) is 0 Å². The normalized spacial score (nSPS) is 12.1. The lowest BCUT2D eigenvalue weighted by molar-refractivity contribution is -0.144. The number of carboxylic acids is 1. The highest BCUT2D eigenvalue weighted by Crippen LogP contribution is 2.33. The lowest BCUT2D eigenvalue weighted by Gasteiger charge is -2.16. The first kappa shape index (κ1) is 17.7. The summed E-state index contributed by atoms with van der Waals surface area (Å²) in [6.07, 6.45) is 0.609. The summed E-state index contributed by atoms with van der Waals surface area (Å²) in [5.74, 6) is -0.616. The van der Waals surface area contributed by atoms with E-state index < -0.39 is 17.7 Å². The van der Waals surface area contributed by atoms with E-state index in [1.807, 2.05) is 43.3 Å². The van der Waals surface area contributed by atoms with Crippen LogP contribution in [0.5, 0.6) is 5.75 Å². The maximum atomic E-state index is 12.0. The van der Waals surface area contributed by atoms with Crippen molar-refractivity contribution in [2.24, 2.45) is 0 Å². The molecule has 1 atom stereocenters. The van der Waals surface area contributed by atoms with E-state index in [2.05, 4.69) is 0 Å². The van der Waals surface area contributed by atoms with Crippen molar-refractivity contribution in [1.29, 1.82) is 0 Å². The van der Waals surface area contributed by atoms with Crippen molar-refractivity contribution >= 4 is 16.9 Å². The Morgan fingerprint density at radius 3 is 2.58 bits per heavy atom. The number of ether oxygens (including phenoxy) is 1. The van der Waals surface area contributed by atoms with Gasteiger partial charge in [-0.1, -0.05) is 43.7 Å². The summed E-state index contributed by atoms with van der Waals surface area (Å²) >= 11 is 0. The van der Waals surface area contributed by atoms with Gasteiger partial charge in [0.15, 0.2) is 6.10 Å². The molecule has 0 bridgehead atoms. The van der Waals surface area contributed by atoms with Crippen LogP contribution in [0.4, 0.5) is 0 Å². The topological polar surface area (TPSA) is 76.7 Å². The lowest BCUT2D eigenvalue weighted by Crippen LogP contribution is -2.23. The summed E-state index contributed by atoms with van der Waals surface area (Å²) in [6, 6.07) is 14.6. The first-order valence-electron chi connectivity index (χ1n) is 8.55. The standard InChI is InChI=1S/C21H20O5/c1-3-7-15-10-17-16(14-8-5-4-6-9-14)11-20(22)26-19(17)12-18(15)25-13(2)21(23)24/h4-6,8-13H,3,7H2,1-2H3,(H,23,24)/t13-/m1/s1. The first-order valence-corrected chi connectivity index (χ1v) is 8.55. The fourth-order valence-electron chi connectivity index (χ4n) is 2.91. The van der Waals surface area contributed by atoms with Crippen LogP contribution in [0.25, 0.3) is 22.1 Å². The fraction of sp³-hybridized carbons (Fsp3) is 0.238. The third kappa shape index (κ3) is 3.61. The molecule has 0 radical (unpaired) electrons. The molecule has 1 N–H and O–H groups in total. The van der Waals surface area contributed by atoms with Crippen LogP contribution in [0.2, 0.25) is 0 Å². The summed E-state index contributed by atoms with van der Waals surface area (Å²) in [6.45, 7) is 3.51. The van der Waals surface area contributed by atoms with Crippen LogP contribution in [0.3, 0.4) is 0 Å². The minimum atomic E-state index is -1.05. The van der Waals surface area contributed by atoms with E-state index in [9.17, 15) is 9.59 Å². The van der Waals surface area contributed by atoms with Crippen molar-refractivity contribution in [2.75, 3.05) is 0 Å². The van der Waals surface area contributed by atoms with Gasteiger partial charge in [0.1, 0.15) is 11.3 Å². The summed E-state index contributed by atoms with van der Waals surface area (Å²) < 4.78 is 10.9. The van der Waals surface area contributed by atoms with Gasteiger partial charge in [-0.05, 0) is 36.1 Å². The van der Waals surface area contributed by atoms with E-state index in [1.54, 1.807) is 6.07 Å². The molecule has 0 aliphatic carbocycles. The van der Waals surface area contributed by atoms with Crippen LogP contribution in [-0.4, -0.2) is 17.2 Å². The molecule has 0 saturated heterocycles. The second-order valence-electron chi connectivity index (χ2n) is 6.15. The molecule has 5 nitrogen and oxygen atoms in total. The van der Waals surface area contributed by atoms with Crippen molar-refractivity contribution in [2.45, 2.75) is 32.8 Å². The number of aryl methyl sites for hydroxylation is 1. The van der Waals surface area contributed by atoms with Crippen LogP contribution >= 0.6 is 0 Å². The Kier molecular flexibility index (Phi) is 5.07. The zero-order valence-corrected chi connectivity index (χ0v) is 14.7. The molecule has 3 aromatic rings. The Bertz CT molecular complexity index is 988. The number of carbonyl (C=O) groups is 1. The summed E-state index contributed by atoms with van der Waals surface area (Å²) in [5, 5.41) is 9.92. The maximum absolute atomic E-state index is 12.0. The summed E-state index contributed by atoms with van der Waals surface area (Å²) in [4.78, 5) is 23.2. The van der Waals surface area contributed by atoms with E-state index in [0.29, 0.717) is 11.3 Å². The zero-order valence-electron chi connectivity index (χ0n) is 14.7. The van der Waals surface area contributed by atoms with Gasteiger partial charge in [-0.3, -0.25) is 0 Å². The Morgan fingerprint density at radius 2 is 1.92 bits per heavy atom. The first-order chi connectivity index (χ1) is 12.5. The van der Waals surface area contributed by atoms with E-state index in [0.717, 1.165) is 34.9 Å². The van der Waals surface area contributed by atoms with Crippen molar-refractivity contribution in [3.05, 3.63) is 64.5 Å². The van der Waals surface area contributed by atoms with Gasteiger partial charge in [-0.25, -0.2) is 9.59 Å². The smallest absolute Gasteiger partial charge is 0.344 e. The molecule has 1 aromatic heterocycles. The molecule has 26 heavy (non-hydrogen) atoms. The second kappa shape index (κ2) is 7.44. The zero-order chi connectivity index (χ0) is 18.7. The predicted octanol–water partition coefficient (Wildman–Crippen LogP) is 4.26. The molecule has 0 saturated carbocycles. The highest BCUT2D eigenvalue weighted by atomic mass is 16.5. The van der Waals surface area contributed by atoms with Crippen molar-refractivity contribution in [1.82, 2.24) is 0 Å². The second-order valence-corrected chi connectivity index (χ2v) is 6.15. The van der Waals surface area contributed by atoms with Gasteiger partial charge in [0.2, 0.25) is 0 Å². The molecule has 0 aliphatic rings. The third-order valence-corrected chi connectivity index (χ3v) is 4.18. The van der Waals surface area contributed by atoms with Gasteiger partial charge in [0, 0.05) is 17.5 Å². The van der Waals surface area contributed by atoms with Gasteiger partial charge < -0.3 is 14.3 Å². The van der Waals surface area contributed by atoms with E-state index in [-0.39, 0.29) is 0 Å². The van der Waals surface area contributed by atoms with E-state index in [4.69, 9.17) is 14.3 Å². The van der Waals surface area contributed by atoms with Crippen molar-refractivity contribution in [3.63, 3.8) is 0 Å². The molecule has 134 valence electrons. The largest absolute Gasteiger partial charge is 0.479 e. The molecule has 0 spiro atoms. The average Bonchev–Trinajstić information content (AvgIpc) is 2.62. The number of rotatable bonds is 6. The Labute approximate surface area is 150 Å². The Morgan fingerprint density at radius 1 is 1.19 bits per heavy atom. The van der Waals surface area contributed by atoms with Gasteiger partial charge in [0.05, 0.1) is 0 Å². The lowest BCUT2D eigenvalue weighted by atomic mass is 9.98.